The first-order valence-electron chi connectivity index (χ1n) is 10.9. The number of aromatic nitrogens is 1. The Bertz CT molecular complexity index is 963. The molecule has 1 amide bonds. The smallest absolute Gasteiger partial charge is 0.376 e. The molecule has 2 aromatic rings. The van der Waals surface area contributed by atoms with Crippen LogP contribution in [0.5, 0.6) is 0 Å². The third-order valence-electron chi connectivity index (χ3n) is 6.75. The highest BCUT2D eigenvalue weighted by atomic mass is 19.4. The number of rotatable bonds is 5. The molecule has 2 aliphatic rings. The van der Waals surface area contributed by atoms with Crippen LogP contribution >= 0.6 is 0 Å². The molecule has 0 radical (unpaired) electrons. The number of alkyl halides is 3. The van der Waals surface area contributed by atoms with Crippen LogP contribution in [0, 0.1) is 5.82 Å². The van der Waals surface area contributed by atoms with Gasteiger partial charge < -0.3 is 10.0 Å². The summed E-state index contributed by atoms with van der Waals surface area (Å²) < 4.78 is 53.4. The van der Waals surface area contributed by atoms with Gasteiger partial charge in [-0.3, -0.25) is 9.78 Å². The molecule has 0 saturated heterocycles. The van der Waals surface area contributed by atoms with Gasteiger partial charge in [-0.25, -0.2) is 4.39 Å². The molecule has 0 unspecified atom stereocenters. The molecule has 172 valence electrons. The molecule has 4 rings (SSSR count). The van der Waals surface area contributed by atoms with Gasteiger partial charge in [0.15, 0.2) is 5.60 Å². The maximum absolute atomic E-state index is 14.1. The molecule has 1 aromatic carbocycles. The Morgan fingerprint density at radius 1 is 1.00 bits per heavy atom. The van der Waals surface area contributed by atoms with Crippen LogP contribution in [-0.4, -0.2) is 39.2 Å². The van der Waals surface area contributed by atoms with Gasteiger partial charge in [0, 0.05) is 23.8 Å². The van der Waals surface area contributed by atoms with Gasteiger partial charge in [-0.2, -0.15) is 13.2 Å². The summed E-state index contributed by atoms with van der Waals surface area (Å²) in [5.41, 5.74) is -2.32. The van der Waals surface area contributed by atoms with Crippen LogP contribution in [-0.2, 0) is 5.60 Å². The van der Waals surface area contributed by atoms with Gasteiger partial charge in [-0.15, -0.1) is 0 Å². The van der Waals surface area contributed by atoms with Crippen molar-refractivity contribution < 1.29 is 27.5 Å². The molecule has 32 heavy (non-hydrogen) atoms. The standard InChI is InChI=1S/C24H26F4N2O2/c1-23(32,24(26,27)28)17-6-2-16(3-7-17)22(31)30(19-10-11-19)18-8-4-15(5-9-18)20-12-13-29-14-21(20)25/h2-3,6-7,12-15,18-19,32H,4-5,8-11H2,1H3/t15?,18?,23-/m0/s1. The third-order valence-corrected chi connectivity index (χ3v) is 6.75. The molecule has 1 heterocycles. The van der Waals surface area contributed by atoms with Crippen molar-refractivity contribution in [2.24, 2.45) is 0 Å². The van der Waals surface area contributed by atoms with E-state index >= 15 is 0 Å². The summed E-state index contributed by atoms with van der Waals surface area (Å²) in [6.45, 7) is 0.699. The number of aliphatic hydroxyl groups is 1. The summed E-state index contributed by atoms with van der Waals surface area (Å²) in [6, 6.07) is 6.90. The second-order valence-corrected chi connectivity index (χ2v) is 8.99. The fourth-order valence-electron chi connectivity index (χ4n) is 4.61. The fraction of sp³-hybridized carbons (Fsp3) is 0.500. The number of hydrogen-bond donors (Lipinski definition) is 1. The van der Waals surface area contributed by atoms with Crippen molar-refractivity contribution in [1.82, 2.24) is 9.88 Å². The van der Waals surface area contributed by atoms with Gasteiger partial charge in [0.05, 0.1) is 6.20 Å². The highest BCUT2D eigenvalue weighted by Gasteiger charge is 2.51. The van der Waals surface area contributed by atoms with Crippen molar-refractivity contribution in [3.8, 4) is 0 Å². The highest BCUT2D eigenvalue weighted by Crippen LogP contribution is 2.41. The van der Waals surface area contributed by atoms with Gasteiger partial charge in [-0.1, -0.05) is 12.1 Å². The van der Waals surface area contributed by atoms with Crippen molar-refractivity contribution in [3.63, 3.8) is 0 Å². The van der Waals surface area contributed by atoms with Crippen molar-refractivity contribution in [1.29, 1.82) is 0 Å². The van der Waals surface area contributed by atoms with Crippen LogP contribution in [0.2, 0.25) is 0 Å². The lowest BCUT2D eigenvalue weighted by Gasteiger charge is -2.37. The molecule has 4 nitrogen and oxygen atoms in total. The van der Waals surface area contributed by atoms with E-state index in [-0.39, 0.29) is 35.3 Å². The maximum atomic E-state index is 14.1. The molecular weight excluding hydrogens is 424 g/mol. The first-order chi connectivity index (χ1) is 15.1. The monoisotopic (exact) mass is 450 g/mol. The summed E-state index contributed by atoms with van der Waals surface area (Å²) in [4.78, 5) is 18.9. The second kappa shape index (κ2) is 8.46. The van der Waals surface area contributed by atoms with E-state index in [1.54, 1.807) is 12.3 Å². The number of carbonyl (C=O) groups excluding carboxylic acids is 1. The average Bonchev–Trinajstić information content (AvgIpc) is 3.59. The van der Waals surface area contributed by atoms with E-state index < -0.39 is 11.8 Å². The molecule has 2 fully saturated rings. The number of benzene rings is 1. The first kappa shape index (κ1) is 22.7. The quantitative estimate of drug-likeness (QED) is 0.628. The van der Waals surface area contributed by atoms with E-state index in [9.17, 15) is 27.5 Å². The van der Waals surface area contributed by atoms with E-state index in [0.29, 0.717) is 18.1 Å². The number of amides is 1. The van der Waals surface area contributed by atoms with Gasteiger partial charge in [0.2, 0.25) is 0 Å². The summed E-state index contributed by atoms with van der Waals surface area (Å²) >= 11 is 0. The zero-order valence-corrected chi connectivity index (χ0v) is 17.8. The van der Waals surface area contributed by atoms with Crippen LogP contribution in [0.4, 0.5) is 17.6 Å². The Hall–Kier alpha value is -2.48. The minimum atomic E-state index is -4.81. The van der Waals surface area contributed by atoms with Crippen LogP contribution in [0.3, 0.4) is 0 Å². The predicted molar refractivity (Wildman–Crippen MR) is 110 cm³/mol. The first-order valence-corrected chi connectivity index (χ1v) is 10.9. The number of nitrogens with zero attached hydrogens (tertiary/aromatic N) is 2. The van der Waals surface area contributed by atoms with Gasteiger partial charge in [0.25, 0.3) is 5.91 Å². The van der Waals surface area contributed by atoms with Crippen molar-refractivity contribution in [2.45, 2.75) is 75.2 Å². The van der Waals surface area contributed by atoms with Gasteiger partial charge in [0.1, 0.15) is 5.82 Å². The zero-order chi connectivity index (χ0) is 23.1. The number of hydrogen-bond acceptors (Lipinski definition) is 3. The molecule has 8 heteroatoms. The zero-order valence-electron chi connectivity index (χ0n) is 17.8. The Kier molecular flexibility index (Phi) is 6.00. The van der Waals surface area contributed by atoms with Crippen molar-refractivity contribution in [2.75, 3.05) is 0 Å². The Morgan fingerprint density at radius 3 is 2.06 bits per heavy atom. The lowest BCUT2D eigenvalue weighted by molar-refractivity contribution is -0.258. The highest BCUT2D eigenvalue weighted by molar-refractivity contribution is 5.95. The SMILES string of the molecule is C[C@](O)(c1ccc(C(=O)N(C2CCC(c3ccncc3F)CC2)C2CC2)cc1)C(F)(F)F. The molecule has 0 spiro atoms. The van der Waals surface area contributed by atoms with E-state index in [1.807, 2.05) is 4.90 Å². The van der Waals surface area contributed by atoms with E-state index in [2.05, 4.69) is 4.98 Å². The average molecular weight is 450 g/mol. The van der Waals surface area contributed by atoms with Crippen LogP contribution in [0.25, 0.3) is 0 Å². The summed E-state index contributed by atoms with van der Waals surface area (Å²) in [6.07, 6.45) is 2.82. The fourth-order valence-corrected chi connectivity index (χ4v) is 4.61. The largest absolute Gasteiger partial charge is 0.421 e. The molecule has 1 atom stereocenters. The number of halogens is 4. The Balaban J connectivity index is 1.47. The molecule has 1 N–H and O–H groups in total. The molecule has 0 bridgehead atoms. The number of carbonyl (C=O) groups is 1. The van der Waals surface area contributed by atoms with Crippen molar-refractivity contribution >= 4 is 5.91 Å². The summed E-state index contributed by atoms with van der Waals surface area (Å²) in [5.74, 6) is -0.417. The summed E-state index contributed by atoms with van der Waals surface area (Å²) in [7, 11) is 0. The summed E-state index contributed by atoms with van der Waals surface area (Å²) in [5, 5.41) is 9.85. The lowest BCUT2D eigenvalue weighted by atomic mass is 9.81. The van der Waals surface area contributed by atoms with E-state index in [4.69, 9.17) is 0 Å². The van der Waals surface area contributed by atoms with Crippen LogP contribution in [0.1, 0.15) is 72.9 Å². The Morgan fingerprint density at radius 2 is 1.56 bits per heavy atom. The van der Waals surface area contributed by atoms with Crippen molar-refractivity contribution in [3.05, 3.63) is 65.2 Å². The topological polar surface area (TPSA) is 53.4 Å². The molecule has 2 aliphatic carbocycles. The maximum Gasteiger partial charge on any atom is 0.421 e. The predicted octanol–water partition coefficient (Wildman–Crippen LogP) is 5.32. The van der Waals surface area contributed by atoms with Crippen LogP contribution < -0.4 is 0 Å². The lowest BCUT2D eigenvalue weighted by Crippen LogP contribution is -2.44. The molecule has 1 aromatic heterocycles. The molecule has 0 aliphatic heterocycles. The molecule has 2 saturated carbocycles. The normalized spacial score (nSPS) is 23.4. The minimum Gasteiger partial charge on any atom is -0.376 e. The minimum absolute atomic E-state index is 0.0223. The molecular formula is C24H26F4N2O2. The van der Waals surface area contributed by atoms with E-state index in [1.165, 1.54) is 18.3 Å². The third kappa shape index (κ3) is 4.37. The second-order valence-electron chi connectivity index (χ2n) is 8.99. The van der Waals surface area contributed by atoms with Gasteiger partial charge in [-0.05, 0) is 80.7 Å². The van der Waals surface area contributed by atoms with Crippen LogP contribution in [0.15, 0.2) is 42.7 Å². The van der Waals surface area contributed by atoms with E-state index in [0.717, 1.165) is 50.7 Å². The Labute approximate surface area is 184 Å². The van der Waals surface area contributed by atoms with Gasteiger partial charge >= 0.3 is 6.18 Å². The number of pyridine rings is 1.